The fraction of sp³-hybridized carbons (Fsp3) is 0.636. The first-order chi connectivity index (χ1) is 21.9. The zero-order valence-corrected chi connectivity index (χ0v) is 36.0. The molecular formula is C44H60Cl2SiZr. The van der Waals surface area contributed by atoms with Crippen molar-refractivity contribution in [2.75, 3.05) is 0 Å². The number of fused-ring (bicyclic) bond motifs is 8. The molecule has 0 bridgehead atoms. The molecule has 4 heteroatoms. The van der Waals surface area contributed by atoms with Crippen molar-refractivity contribution >= 4 is 5.43 Å². The molecule has 0 saturated heterocycles. The normalized spacial score (nSPS) is 46.5. The topological polar surface area (TPSA) is 0 Å². The number of halogens is 2. The van der Waals surface area contributed by atoms with Gasteiger partial charge in [0.1, 0.15) is 0 Å². The molecular weight excluding hydrogens is 719 g/mol. The van der Waals surface area contributed by atoms with Crippen molar-refractivity contribution in [3.8, 4) is 0 Å². The fourth-order valence-electron chi connectivity index (χ4n) is 14.7. The fourth-order valence-corrected chi connectivity index (χ4v) is 46.3. The molecule has 0 radical (unpaired) electrons. The van der Waals surface area contributed by atoms with Gasteiger partial charge in [-0.05, 0) is 0 Å². The van der Waals surface area contributed by atoms with Gasteiger partial charge in [0, 0.05) is 0 Å². The first-order valence-electron chi connectivity index (χ1n) is 19.1. The van der Waals surface area contributed by atoms with Crippen LogP contribution in [0.25, 0.3) is 0 Å². The largest absolute Gasteiger partial charge is 1.00 e. The van der Waals surface area contributed by atoms with Gasteiger partial charge in [0.05, 0.1) is 0 Å². The van der Waals surface area contributed by atoms with E-state index in [1.165, 1.54) is 32.1 Å². The first kappa shape index (κ1) is 37.4. The molecule has 9 unspecified atom stereocenters. The monoisotopic (exact) mass is 776 g/mol. The van der Waals surface area contributed by atoms with Gasteiger partial charge in [0.15, 0.2) is 0 Å². The van der Waals surface area contributed by atoms with Crippen LogP contribution in [0.15, 0.2) is 93.9 Å². The van der Waals surface area contributed by atoms with Gasteiger partial charge in [-0.2, -0.15) is 0 Å². The zero-order chi connectivity index (χ0) is 32.4. The average molecular weight is 779 g/mol. The van der Waals surface area contributed by atoms with Crippen LogP contribution in [-0.2, 0) is 20.4 Å². The van der Waals surface area contributed by atoms with Crippen molar-refractivity contribution in [2.45, 2.75) is 128 Å². The van der Waals surface area contributed by atoms with Crippen LogP contribution in [0.5, 0.6) is 0 Å². The Morgan fingerprint density at radius 1 is 0.625 bits per heavy atom. The minimum atomic E-state index is -2.35. The van der Waals surface area contributed by atoms with E-state index < -0.39 is 25.8 Å². The molecule has 4 fully saturated rings. The molecule has 8 aliphatic rings. The van der Waals surface area contributed by atoms with Crippen molar-refractivity contribution in [3.63, 3.8) is 0 Å². The minimum Gasteiger partial charge on any atom is -1.00 e. The number of allylic oxidation sites excluding steroid dienone is 16. The van der Waals surface area contributed by atoms with E-state index >= 15 is 0 Å². The van der Waals surface area contributed by atoms with E-state index in [9.17, 15) is 0 Å². The Morgan fingerprint density at radius 2 is 1.12 bits per heavy atom. The summed E-state index contributed by atoms with van der Waals surface area (Å²) in [6.45, 7) is 22.0. The summed E-state index contributed by atoms with van der Waals surface area (Å²) in [5.41, 5.74) is 3.61. The quantitative estimate of drug-likeness (QED) is 0.283. The second-order valence-electron chi connectivity index (χ2n) is 18.2. The minimum absolute atomic E-state index is 0. The van der Waals surface area contributed by atoms with Crippen LogP contribution in [0.2, 0.25) is 14.7 Å². The Balaban J connectivity index is 0.00000201. The predicted molar refractivity (Wildman–Crippen MR) is 195 cm³/mol. The third-order valence-corrected chi connectivity index (χ3v) is 42.2. The summed E-state index contributed by atoms with van der Waals surface area (Å²) in [6, 6.07) is 0. The standard InChI is InChI=1S/C29H37.C10H18Si.C5H5.2ClH.Zr/c1-21-14-13-15-22-20-27(6)25(4)18-10-9-16-23(25,2)24(3)17-11-12-19-26(24,5)29(27,8)28(21,22)7;1-2-6-9(5-1)11-10-7-3-4-8-10;1-2-4-5-3-1;;;/h9-20,22H,1-8H3;9-10H,1-8H2;1-3H,4H2;2*1H;/q;;;;;+2/p-2. The molecule has 8 rings (SSSR count). The van der Waals surface area contributed by atoms with Crippen molar-refractivity contribution in [2.24, 2.45) is 43.8 Å². The number of rotatable bonds is 4. The van der Waals surface area contributed by atoms with E-state index in [-0.39, 0.29) is 62.7 Å². The van der Waals surface area contributed by atoms with Crippen LogP contribution in [0, 0.1) is 43.8 Å². The van der Waals surface area contributed by atoms with E-state index in [1.54, 1.807) is 31.3 Å². The SMILES string of the molecule is CC1=CC=CC2[CH]([Zr+2]([C]3=CC=CC3)=[Si](C3CCCC3)C3CCCC3)C3(C)C4(C)C=CC=CC4(C)C4(C)C=CC=CC4(C)C3(C)C12C.[Cl-].[Cl-]. The maximum atomic E-state index is 2.92. The molecule has 0 heterocycles. The molecule has 9 atom stereocenters. The molecule has 0 aromatic rings. The Hall–Kier alpha value is -0.400. The van der Waals surface area contributed by atoms with E-state index in [4.69, 9.17) is 0 Å². The van der Waals surface area contributed by atoms with Crippen LogP contribution in [0.1, 0.15) is 113 Å². The molecule has 0 aromatic heterocycles. The van der Waals surface area contributed by atoms with Gasteiger partial charge < -0.3 is 24.8 Å². The van der Waals surface area contributed by atoms with Gasteiger partial charge >= 0.3 is 291 Å². The van der Waals surface area contributed by atoms with Gasteiger partial charge in [-0.3, -0.25) is 0 Å². The third-order valence-electron chi connectivity index (χ3n) is 17.8. The molecule has 0 aliphatic heterocycles. The van der Waals surface area contributed by atoms with Crippen molar-refractivity contribution < 1.29 is 45.2 Å². The van der Waals surface area contributed by atoms with Crippen LogP contribution >= 0.6 is 0 Å². The molecule has 0 amide bonds. The maximum Gasteiger partial charge on any atom is -1.00 e. The summed E-state index contributed by atoms with van der Waals surface area (Å²) in [5, 5.41) is 0. The second-order valence-corrected chi connectivity index (χ2v) is 33.3. The van der Waals surface area contributed by atoms with Crippen LogP contribution < -0.4 is 24.8 Å². The zero-order valence-electron chi connectivity index (χ0n) is 31.0. The van der Waals surface area contributed by atoms with Crippen molar-refractivity contribution in [1.82, 2.24) is 0 Å². The molecule has 0 nitrogen and oxygen atoms in total. The maximum absolute atomic E-state index is 2.92. The van der Waals surface area contributed by atoms with E-state index in [2.05, 4.69) is 140 Å². The molecule has 0 N–H and O–H groups in total. The molecule has 0 spiro atoms. The third kappa shape index (κ3) is 4.05. The van der Waals surface area contributed by atoms with E-state index in [0.29, 0.717) is 5.92 Å². The predicted octanol–water partition coefficient (Wildman–Crippen LogP) is 6.58. The summed E-state index contributed by atoms with van der Waals surface area (Å²) in [7, 11) is 0. The van der Waals surface area contributed by atoms with Crippen LogP contribution in [-0.4, -0.2) is 5.43 Å². The summed E-state index contributed by atoms with van der Waals surface area (Å²) < 4.78 is 2.82. The first-order valence-corrected chi connectivity index (χ1v) is 27.1. The smallest absolute Gasteiger partial charge is 1.00 e. The molecule has 48 heavy (non-hydrogen) atoms. The van der Waals surface area contributed by atoms with Gasteiger partial charge in [-0.15, -0.1) is 0 Å². The number of hydrogen-bond acceptors (Lipinski definition) is 0. The molecule has 0 aromatic carbocycles. The van der Waals surface area contributed by atoms with Crippen LogP contribution in [0.4, 0.5) is 0 Å². The van der Waals surface area contributed by atoms with E-state index in [0.717, 1.165) is 14.7 Å². The molecule has 8 aliphatic carbocycles. The van der Waals surface area contributed by atoms with Crippen molar-refractivity contribution in [1.29, 1.82) is 0 Å². The van der Waals surface area contributed by atoms with Crippen LogP contribution in [0.3, 0.4) is 0 Å². The summed E-state index contributed by atoms with van der Waals surface area (Å²) in [5.74, 6) is 0.616. The Kier molecular flexibility index (Phi) is 9.61. The summed E-state index contributed by atoms with van der Waals surface area (Å²) in [4.78, 5) is 0. The van der Waals surface area contributed by atoms with Gasteiger partial charge in [0.2, 0.25) is 0 Å². The number of hydrogen-bond donors (Lipinski definition) is 0. The second kappa shape index (κ2) is 12.3. The Bertz CT molecular complexity index is 1610. The summed E-state index contributed by atoms with van der Waals surface area (Å²) >= 11 is -2.35. The van der Waals surface area contributed by atoms with Gasteiger partial charge in [-0.25, -0.2) is 0 Å². The molecule has 4 saturated carbocycles. The van der Waals surface area contributed by atoms with Crippen molar-refractivity contribution in [3.05, 3.63) is 93.9 Å². The average Bonchev–Trinajstić information content (AvgIpc) is 3.86. The van der Waals surface area contributed by atoms with Gasteiger partial charge in [-0.1, -0.05) is 0 Å². The summed E-state index contributed by atoms with van der Waals surface area (Å²) in [6.07, 6.45) is 49.7. The Morgan fingerprint density at radius 3 is 1.65 bits per heavy atom. The van der Waals surface area contributed by atoms with Gasteiger partial charge in [0.25, 0.3) is 0 Å². The van der Waals surface area contributed by atoms with E-state index in [1.807, 2.05) is 3.28 Å². The Labute approximate surface area is 313 Å². The molecule has 258 valence electrons.